The first kappa shape index (κ1) is 16.3. The Morgan fingerprint density at radius 2 is 1.57 bits per heavy atom. The third-order valence-electron chi connectivity index (χ3n) is 3.91. The molecule has 23 heavy (non-hydrogen) atoms. The van der Waals surface area contributed by atoms with E-state index in [1.807, 2.05) is 29.2 Å². The van der Waals surface area contributed by atoms with E-state index in [0.717, 1.165) is 22.3 Å². The highest BCUT2D eigenvalue weighted by Crippen LogP contribution is 2.50. The molecule has 0 heterocycles. The smallest absolute Gasteiger partial charge is 0.0633 e. The molecule has 0 spiro atoms. The Kier molecular flexibility index (Phi) is 4.58. The van der Waals surface area contributed by atoms with E-state index >= 15 is 0 Å². The van der Waals surface area contributed by atoms with Crippen molar-refractivity contribution in [3.63, 3.8) is 0 Å². The van der Waals surface area contributed by atoms with Gasteiger partial charge in [-0.1, -0.05) is 52.7 Å². The van der Waals surface area contributed by atoms with E-state index in [4.69, 9.17) is 47.6 Å². The van der Waals surface area contributed by atoms with Crippen molar-refractivity contribution in [3.05, 3.63) is 56.5 Å². The topological polar surface area (TPSA) is 3.24 Å². The van der Waals surface area contributed by atoms with E-state index in [1.54, 1.807) is 6.07 Å². The van der Waals surface area contributed by atoms with E-state index in [2.05, 4.69) is 11.8 Å². The molecule has 2 aromatic carbocycles. The molecule has 1 aliphatic carbocycles. The molecule has 1 atom stereocenters. The van der Waals surface area contributed by atoms with Gasteiger partial charge in [0.2, 0.25) is 0 Å². The van der Waals surface area contributed by atoms with E-state index in [1.165, 1.54) is 0 Å². The number of halogens is 3. The van der Waals surface area contributed by atoms with Gasteiger partial charge in [0, 0.05) is 15.6 Å². The van der Waals surface area contributed by atoms with E-state index < -0.39 is 0 Å². The molecule has 2 aromatic rings. The van der Waals surface area contributed by atoms with Crippen LogP contribution in [0.4, 0.5) is 0 Å². The van der Waals surface area contributed by atoms with Gasteiger partial charge in [-0.25, -0.2) is 0 Å². The molecular weight excluding hydrogens is 349 g/mol. The van der Waals surface area contributed by atoms with Gasteiger partial charge in [-0.15, -0.1) is 12.8 Å². The van der Waals surface area contributed by atoms with Gasteiger partial charge in [-0.2, -0.15) is 0 Å². The maximum atomic E-state index is 6.45. The Hall–Kier alpha value is -1.61. The second-order valence-corrected chi connectivity index (χ2v) is 6.58. The highest BCUT2D eigenvalue weighted by atomic mass is 35.5. The van der Waals surface area contributed by atoms with Crippen LogP contribution in [0.15, 0.2) is 30.3 Å². The van der Waals surface area contributed by atoms with Crippen LogP contribution in [0.5, 0.6) is 0 Å². The minimum atomic E-state index is -0.109. The number of hydrogen-bond acceptors (Lipinski definition) is 1. The molecule has 1 aliphatic rings. The monoisotopic (exact) mass is 359 g/mol. The molecule has 0 N–H and O–H groups in total. The Morgan fingerprint density at radius 3 is 2.22 bits per heavy atom. The predicted molar refractivity (Wildman–Crippen MR) is 98.0 cm³/mol. The van der Waals surface area contributed by atoms with Crippen LogP contribution in [0, 0.1) is 24.7 Å². The van der Waals surface area contributed by atoms with E-state index in [9.17, 15) is 0 Å². The van der Waals surface area contributed by atoms with Crippen molar-refractivity contribution in [1.82, 2.24) is 4.90 Å². The summed E-state index contributed by atoms with van der Waals surface area (Å²) in [4.78, 5) is 2.04. The number of benzene rings is 2. The highest BCUT2D eigenvalue weighted by molar-refractivity contribution is 6.37. The van der Waals surface area contributed by atoms with Crippen LogP contribution in [0.3, 0.4) is 0 Å². The molecule has 3 rings (SSSR count). The fourth-order valence-corrected chi connectivity index (χ4v) is 3.91. The zero-order chi connectivity index (χ0) is 16.6. The van der Waals surface area contributed by atoms with Gasteiger partial charge in [0.05, 0.1) is 24.2 Å². The lowest BCUT2D eigenvalue weighted by Crippen LogP contribution is -2.29. The molecule has 1 nitrogen and oxygen atoms in total. The molecule has 0 aromatic heterocycles. The minimum Gasteiger partial charge on any atom is -0.270 e. The largest absolute Gasteiger partial charge is 0.270 e. The molecule has 4 heteroatoms. The molecule has 0 fully saturated rings. The molecule has 0 amide bonds. The second-order valence-electron chi connectivity index (χ2n) is 5.30. The molecule has 0 aliphatic heterocycles. The Balaban J connectivity index is 2.27. The van der Waals surface area contributed by atoms with Gasteiger partial charge < -0.3 is 0 Å². The maximum Gasteiger partial charge on any atom is 0.0633 e. The summed E-state index contributed by atoms with van der Waals surface area (Å²) in [6, 6.07) is 9.31. The van der Waals surface area contributed by atoms with Crippen LogP contribution < -0.4 is 0 Å². The number of rotatable bonds is 3. The van der Waals surface area contributed by atoms with Crippen molar-refractivity contribution >= 4 is 34.8 Å². The first-order valence-corrected chi connectivity index (χ1v) is 8.10. The average Bonchev–Trinajstić information content (AvgIpc) is 2.80. The van der Waals surface area contributed by atoms with Crippen LogP contribution in [-0.4, -0.2) is 18.0 Å². The van der Waals surface area contributed by atoms with Crippen LogP contribution >= 0.6 is 34.8 Å². The lowest BCUT2D eigenvalue weighted by molar-refractivity contribution is 0.291. The SMILES string of the molecule is C#CCN(CC#C)C1c2cc(Cl)ccc2-c2c(Cl)cc(Cl)cc21. The van der Waals surface area contributed by atoms with E-state index in [0.29, 0.717) is 28.2 Å². The summed E-state index contributed by atoms with van der Waals surface area (Å²) in [7, 11) is 0. The van der Waals surface area contributed by atoms with Crippen molar-refractivity contribution in [3.8, 4) is 35.8 Å². The maximum absolute atomic E-state index is 6.45. The van der Waals surface area contributed by atoms with Crippen molar-refractivity contribution < 1.29 is 0 Å². The van der Waals surface area contributed by atoms with Gasteiger partial charge in [0.1, 0.15) is 0 Å². The summed E-state index contributed by atoms with van der Waals surface area (Å²) in [6.45, 7) is 0.842. The van der Waals surface area contributed by atoms with Crippen molar-refractivity contribution in [2.75, 3.05) is 13.1 Å². The van der Waals surface area contributed by atoms with Crippen LogP contribution in [-0.2, 0) is 0 Å². The van der Waals surface area contributed by atoms with E-state index in [-0.39, 0.29) is 6.04 Å². The predicted octanol–water partition coefficient (Wildman–Crippen LogP) is 5.29. The second kappa shape index (κ2) is 6.48. The quantitative estimate of drug-likeness (QED) is 0.673. The van der Waals surface area contributed by atoms with Gasteiger partial charge in [0.15, 0.2) is 0 Å². The summed E-state index contributed by atoms with van der Waals surface area (Å²) < 4.78 is 0. The van der Waals surface area contributed by atoms with Crippen molar-refractivity contribution in [2.24, 2.45) is 0 Å². The zero-order valence-corrected chi connectivity index (χ0v) is 14.4. The van der Waals surface area contributed by atoms with Gasteiger partial charge in [-0.3, -0.25) is 4.90 Å². The standard InChI is InChI=1S/C19H12Cl3N/c1-3-7-23(8-4-2)19-15-9-12(20)5-6-14(15)18-16(19)10-13(21)11-17(18)22/h1-2,5-6,9-11,19H,7-8H2. The lowest BCUT2D eigenvalue weighted by atomic mass is 10.0. The minimum absolute atomic E-state index is 0.109. The zero-order valence-electron chi connectivity index (χ0n) is 12.1. The Morgan fingerprint density at radius 1 is 0.913 bits per heavy atom. The average molecular weight is 361 g/mol. The third kappa shape index (κ3) is 2.83. The fourth-order valence-electron chi connectivity index (χ4n) is 3.11. The van der Waals surface area contributed by atoms with Gasteiger partial charge >= 0.3 is 0 Å². The summed E-state index contributed by atoms with van der Waals surface area (Å²) in [5.41, 5.74) is 4.05. The molecule has 0 saturated heterocycles. The molecular formula is C19H12Cl3N. The van der Waals surface area contributed by atoms with Gasteiger partial charge in [0.25, 0.3) is 0 Å². The third-order valence-corrected chi connectivity index (χ3v) is 4.66. The number of terminal acetylenes is 2. The number of fused-ring (bicyclic) bond motifs is 3. The fraction of sp³-hybridized carbons (Fsp3) is 0.158. The molecule has 1 unspecified atom stereocenters. The lowest BCUT2D eigenvalue weighted by Gasteiger charge is -2.27. The van der Waals surface area contributed by atoms with Crippen LogP contribution in [0.1, 0.15) is 17.2 Å². The molecule has 0 saturated carbocycles. The summed E-state index contributed by atoms with van der Waals surface area (Å²) in [6.07, 6.45) is 11.0. The normalized spacial score (nSPS) is 15.0. The number of hydrogen-bond donors (Lipinski definition) is 0. The van der Waals surface area contributed by atoms with Gasteiger partial charge in [-0.05, 0) is 41.0 Å². The first-order chi connectivity index (χ1) is 11.1. The Bertz CT molecular complexity index is 842. The van der Waals surface area contributed by atoms with Crippen molar-refractivity contribution in [2.45, 2.75) is 6.04 Å². The summed E-state index contributed by atoms with van der Waals surface area (Å²) >= 11 is 18.9. The number of nitrogens with zero attached hydrogens (tertiary/aromatic N) is 1. The highest BCUT2D eigenvalue weighted by Gasteiger charge is 2.34. The Labute approximate surface area is 151 Å². The summed E-state index contributed by atoms with van der Waals surface area (Å²) in [5, 5.41) is 1.85. The van der Waals surface area contributed by atoms with Crippen LogP contribution in [0.2, 0.25) is 15.1 Å². The van der Waals surface area contributed by atoms with Crippen LogP contribution in [0.25, 0.3) is 11.1 Å². The molecule has 0 bridgehead atoms. The van der Waals surface area contributed by atoms with Crippen molar-refractivity contribution in [1.29, 1.82) is 0 Å². The first-order valence-electron chi connectivity index (χ1n) is 6.96. The molecule has 0 radical (unpaired) electrons. The summed E-state index contributed by atoms with van der Waals surface area (Å²) in [5.74, 6) is 5.33. The molecule has 114 valence electrons.